The fraction of sp³-hybridized carbons (Fsp3) is 0.500. The molecule has 6 nitrogen and oxygen atoms in total. The highest BCUT2D eigenvalue weighted by Gasteiger charge is 2.32. The quantitative estimate of drug-likeness (QED) is 0.823. The lowest BCUT2D eigenvalue weighted by Gasteiger charge is -2.23. The Kier molecular flexibility index (Phi) is 4.44. The number of hydrogen-bond donors (Lipinski definition) is 2. The van der Waals surface area contributed by atoms with Crippen LogP contribution in [0.3, 0.4) is 0 Å². The van der Waals surface area contributed by atoms with Crippen molar-refractivity contribution >= 4 is 22.7 Å². The summed E-state index contributed by atoms with van der Waals surface area (Å²) in [7, 11) is 0. The van der Waals surface area contributed by atoms with Crippen molar-refractivity contribution in [2.24, 2.45) is 0 Å². The zero-order valence-electron chi connectivity index (χ0n) is 14.2. The molecule has 2 aliphatic rings. The molecule has 2 aliphatic heterocycles. The fourth-order valence-electron chi connectivity index (χ4n) is 3.91. The molecule has 0 saturated carbocycles. The van der Waals surface area contributed by atoms with Gasteiger partial charge < -0.3 is 5.32 Å². The molecule has 1 aromatic carbocycles. The van der Waals surface area contributed by atoms with Crippen molar-refractivity contribution in [1.82, 2.24) is 20.4 Å². The van der Waals surface area contributed by atoms with Crippen LogP contribution < -0.4 is 10.6 Å². The van der Waals surface area contributed by atoms with Crippen molar-refractivity contribution in [3.05, 3.63) is 29.5 Å². The molecule has 4 rings (SSSR count). The summed E-state index contributed by atoms with van der Waals surface area (Å²) in [5.74, 6) is -0.496. The van der Waals surface area contributed by atoms with Crippen molar-refractivity contribution < 1.29 is 18.4 Å². The van der Waals surface area contributed by atoms with Gasteiger partial charge in [0.2, 0.25) is 5.91 Å². The summed E-state index contributed by atoms with van der Waals surface area (Å²) in [5, 5.41) is 10.0. The van der Waals surface area contributed by atoms with Gasteiger partial charge in [-0.3, -0.25) is 19.6 Å². The molecule has 1 aromatic heterocycles. The van der Waals surface area contributed by atoms with E-state index in [0.717, 1.165) is 31.5 Å². The van der Waals surface area contributed by atoms with Crippen LogP contribution in [0.1, 0.15) is 55.3 Å². The van der Waals surface area contributed by atoms with Gasteiger partial charge in [0.25, 0.3) is 12.3 Å². The number of piperidine rings is 2. The number of carbonyl (C=O) groups excluding carboxylic acids is 2. The topological polar surface area (TPSA) is 76.0 Å². The van der Waals surface area contributed by atoms with Gasteiger partial charge >= 0.3 is 0 Å². The van der Waals surface area contributed by atoms with E-state index in [0.29, 0.717) is 16.8 Å². The highest BCUT2D eigenvalue weighted by atomic mass is 19.3. The second-order valence-electron chi connectivity index (χ2n) is 6.90. The molecule has 2 aromatic rings. The van der Waals surface area contributed by atoms with Crippen LogP contribution in [0.5, 0.6) is 0 Å². The number of alkyl halides is 2. The van der Waals surface area contributed by atoms with Gasteiger partial charge in [-0.1, -0.05) is 6.07 Å². The molecule has 26 heavy (non-hydrogen) atoms. The molecule has 0 spiro atoms. The van der Waals surface area contributed by atoms with E-state index in [-0.39, 0.29) is 24.4 Å². The number of amides is 2. The highest BCUT2D eigenvalue weighted by Crippen LogP contribution is 2.34. The number of carbonyl (C=O) groups is 2. The van der Waals surface area contributed by atoms with Crippen molar-refractivity contribution in [3.63, 3.8) is 0 Å². The first kappa shape index (κ1) is 17.1. The van der Waals surface area contributed by atoms with Crippen LogP contribution in [-0.2, 0) is 9.59 Å². The SMILES string of the molecule is O=C1CCC(n2nc(C(F)F)c3cc(C4CCNCC4)ccc32)C(=O)N1. The number of nitrogens with one attached hydrogen (secondary N) is 2. The lowest BCUT2D eigenvalue weighted by atomic mass is 9.89. The average molecular weight is 362 g/mol. The van der Waals surface area contributed by atoms with Gasteiger partial charge in [-0.05, 0) is 56.0 Å². The van der Waals surface area contributed by atoms with Crippen LogP contribution in [0.25, 0.3) is 10.9 Å². The summed E-state index contributed by atoms with van der Waals surface area (Å²) >= 11 is 0. The van der Waals surface area contributed by atoms with Crippen LogP contribution >= 0.6 is 0 Å². The Hall–Kier alpha value is -2.35. The summed E-state index contributed by atoms with van der Waals surface area (Å²) < 4.78 is 28.5. The number of rotatable bonds is 3. The zero-order valence-corrected chi connectivity index (χ0v) is 14.2. The Morgan fingerprint density at radius 1 is 1.15 bits per heavy atom. The number of hydrogen-bond acceptors (Lipinski definition) is 4. The number of fused-ring (bicyclic) bond motifs is 1. The van der Waals surface area contributed by atoms with E-state index in [1.54, 1.807) is 12.1 Å². The van der Waals surface area contributed by atoms with Crippen LogP contribution in [0.2, 0.25) is 0 Å². The Labute approximate surface area is 148 Å². The molecule has 8 heteroatoms. The molecule has 2 saturated heterocycles. The molecule has 3 heterocycles. The van der Waals surface area contributed by atoms with Crippen LogP contribution in [0.4, 0.5) is 8.78 Å². The highest BCUT2D eigenvalue weighted by molar-refractivity contribution is 6.00. The van der Waals surface area contributed by atoms with Crippen molar-refractivity contribution in [1.29, 1.82) is 0 Å². The molecule has 1 unspecified atom stereocenters. The summed E-state index contributed by atoms with van der Waals surface area (Å²) in [6.45, 7) is 1.83. The molecule has 0 radical (unpaired) electrons. The lowest BCUT2D eigenvalue weighted by Crippen LogP contribution is -2.42. The first-order valence-corrected chi connectivity index (χ1v) is 8.89. The third-order valence-electron chi connectivity index (χ3n) is 5.28. The van der Waals surface area contributed by atoms with Crippen molar-refractivity contribution in [2.45, 2.75) is 44.1 Å². The van der Waals surface area contributed by atoms with E-state index in [1.807, 2.05) is 6.07 Å². The van der Waals surface area contributed by atoms with E-state index in [2.05, 4.69) is 15.7 Å². The maximum absolute atomic E-state index is 13.6. The normalized spacial score (nSPS) is 22.2. The molecule has 2 fully saturated rings. The first-order valence-electron chi connectivity index (χ1n) is 8.89. The summed E-state index contributed by atoms with van der Waals surface area (Å²) in [4.78, 5) is 23.5. The number of nitrogens with zero attached hydrogens (tertiary/aromatic N) is 2. The van der Waals surface area contributed by atoms with Crippen LogP contribution in [0.15, 0.2) is 18.2 Å². The maximum Gasteiger partial charge on any atom is 0.282 e. The molecular formula is C18H20F2N4O2. The predicted molar refractivity (Wildman–Crippen MR) is 91.0 cm³/mol. The largest absolute Gasteiger partial charge is 0.317 e. The molecular weight excluding hydrogens is 342 g/mol. The Morgan fingerprint density at radius 2 is 1.92 bits per heavy atom. The Morgan fingerprint density at radius 3 is 2.62 bits per heavy atom. The standard InChI is InChI=1S/C18H20F2N4O2/c19-17(20)16-12-9-11(10-5-7-21-8-6-10)1-2-13(12)24(23-16)14-3-4-15(25)22-18(14)26/h1-2,9-10,14,17,21H,3-8H2,(H,22,25,26). The second kappa shape index (κ2) is 6.75. The molecule has 2 N–H and O–H groups in total. The number of imide groups is 1. The van der Waals surface area contributed by atoms with Gasteiger partial charge in [-0.25, -0.2) is 8.78 Å². The minimum atomic E-state index is -2.73. The molecule has 0 bridgehead atoms. The van der Waals surface area contributed by atoms with Gasteiger partial charge in [-0.2, -0.15) is 5.10 Å². The third-order valence-corrected chi connectivity index (χ3v) is 5.28. The minimum Gasteiger partial charge on any atom is -0.317 e. The van der Waals surface area contributed by atoms with Gasteiger partial charge in [0.15, 0.2) is 0 Å². The van der Waals surface area contributed by atoms with Crippen LogP contribution in [-0.4, -0.2) is 34.7 Å². The van der Waals surface area contributed by atoms with Gasteiger partial charge in [0.1, 0.15) is 11.7 Å². The van der Waals surface area contributed by atoms with E-state index < -0.39 is 18.4 Å². The van der Waals surface area contributed by atoms with E-state index >= 15 is 0 Å². The molecule has 1 atom stereocenters. The van der Waals surface area contributed by atoms with E-state index in [9.17, 15) is 18.4 Å². The molecule has 0 aliphatic carbocycles. The predicted octanol–water partition coefficient (Wildman–Crippen LogP) is 2.42. The summed E-state index contributed by atoms with van der Waals surface area (Å²) in [5.41, 5.74) is 1.23. The zero-order chi connectivity index (χ0) is 18.3. The van der Waals surface area contributed by atoms with Gasteiger partial charge in [-0.15, -0.1) is 0 Å². The van der Waals surface area contributed by atoms with E-state index in [4.69, 9.17) is 0 Å². The first-order chi connectivity index (χ1) is 12.5. The summed E-state index contributed by atoms with van der Waals surface area (Å²) in [6, 6.07) is 4.77. The Balaban J connectivity index is 1.77. The van der Waals surface area contributed by atoms with Crippen LogP contribution in [0, 0.1) is 0 Å². The molecule has 138 valence electrons. The maximum atomic E-state index is 13.6. The third kappa shape index (κ3) is 2.98. The van der Waals surface area contributed by atoms with Gasteiger partial charge in [0, 0.05) is 11.8 Å². The van der Waals surface area contributed by atoms with E-state index in [1.165, 1.54) is 4.68 Å². The van der Waals surface area contributed by atoms with Gasteiger partial charge in [0.05, 0.1) is 5.52 Å². The monoisotopic (exact) mass is 362 g/mol. The smallest absolute Gasteiger partial charge is 0.282 e. The van der Waals surface area contributed by atoms with Crippen molar-refractivity contribution in [2.75, 3.05) is 13.1 Å². The fourth-order valence-corrected chi connectivity index (χ4v) is 3.91. The minimum absolute atomic E-state index is 0.176. The number of aromatic nitrogens is 2. The van der Waals surface area contributed by atoms with Crippen molar-refractivity contribution in [3.8, 4) is 0 Å². The average Bonchev–Trinajstić information content (AvgIpc) is 3.01. The number of benzene rings is 1. The lowest BCUT2D eigenvalue weighted by molar-refractivity contribution is -0.135. The molecule has 2 amide bonds. The summed E-state index contributed by atoms with van der Waals surface area (Å²) in [6.07, 6.45) is -0.349. The Bertz CT molecular complexity index is 858. The number of halogens is 2. The second-order valence-corrected chi connectivity index (χ2v) is 6.90.